The molecular formula is C19H22ClN3O3. The van der Waals surface area contributed by atoms with Gasteiger partial charge in [0.15, 0.2) is 5.78 Å². The minimum absolute atomic E-state index is 0.0253. The molecule has 138 valence electrons. The van der Waals surface area contributed by atoms with Crippen LogP contribution in [0, 0.1) is 5.92 Å². The van der Waals surface area contributed by atoms with Gasteiger partial charge in [-0.1, -0.05) is 30.7 Å². The molecule has 1 aromatic carbocycles. The second-order valence-electron chi connectivity index (χ2n) is 6.63. The van der Waals surface area contributed by atoms with Crippen molar-refractivity contribution in [3.63, 3.8) is 0 Å². The Labute approximate surface area is 157 Å². The van der Waals surface area contributed by atoms with Gasteiger partial charge >= 0.3 is 0 Å². The molecule has 1 amide bonds. The number of carbonyl (C=O) groups excluding carboxylic acids is 2. The lowest BCUT2D eigenvalue weighted by Gasteiger charge is -2.16. The fraction of sp³-hybridized carbons (Fsp3) is 0.421. The van der Waals surface area contributed by atoms with Crippen LogP contribution in [0.2, 0.25) is 5.02 Å². The predicted molar refractivity (Wildman–Crippen MR) is 98.6 cm³/mol. The van der Waals surface area contributed by atoms with Crippen molar-refractivity contribution in [3.05, 3.63) is 52.3 Å². The van der Waals surface area contributed by atoms with E-state index in [0.29, 0.717) is 17.1 Å². The van der Waals surface area contributed by atoms with E-state index in [1.807, 2.05) is 25.1 Å². The highest BCUT2D eigenvalue weighted by molar-refractivity contribution is 6.30. The van der Waals surface area contributed by atoms with Gasteiger partial charge in [0.25, 0.3) is 5.91 Å². The number of rotatable bonds is 7. The van der Waals surface area contributed by atoms with E-state index in [4.69, 9.17) is 16.7 Å². The molecule has 2 aromatic rings. The molecule has 1 saturated carbocycles. The number of hydrogen-bond acceptors (Lipinski definition) is 4. The smallest absolute Gasteiger partial charge is 0.269 e. The number of halogens is 1. The first-order valence-corrected chi connectivity index (χ1v) is 9.12. The molecule has 3 atom stereocenters. The summed E-state index contributed by atoms with van der Waals surface area (Å²) in [4.78, 5) is 24.8. The van der Waals surface area contributed by atoms with Gasteiger partial charge in [-0.3, -0.25) is 14.3 Å². The third-order valence-corrected chi connectivity index (χ3v) is 4.98. The first-order chi connectivity index (χ1) is 12.4. The largest absolute Gasteiger partial charge is 0.396 e. The van der Waals surface area contributed by atoms with Gasteiger partial charge in [0.05, 0.1) is 6.04 Å². The van der Waals surface area contributed by atoms with Crippen molar-refractivity contribution in [3.8, 4) is 0 Å². The Morgan fingerprint density at radius 2 is 2.19 bits per heavy atom. The van der Waals surface area contributed by atoms with Crippen molar-refractivity contribution >= 4 is 23.3 Å². The standard InChI is InChI=1S/C19H22ClN3O3/c1-3-18(25)16-9-17(19(26)21-15-8-13(15)10-24)23(22-16)11(2)12-5-4-6-14(20)7-12/h4-7,9,11,13,15,24H,3,8,10H2,1-2H3,(H,21,26)/t11-,13-,15+/m0/s1. The van der Waals surface area contributed by atoms with Crippen LogP contribution in [0.3, 0.4) is 0 Å². The summed E-state index contributed by atoms with van der Waals surface area (Å²) in [6.45, 7) is 3.73. The molecule has 26 heavy (non-hydrogen) atoms. The third kappa shape index (κ3) is 3.81. The number of aliphatic hydroxyl groups excluding tert-OH is 1. The molecule has 7 heteroatoms. The highest BCUT2D eigenvalue weighted by atomic mass is 35.5. The Balaban J connectivity index is 1.93. The van der Waals surface area contributed by atoms with E-state index in [9.17, 15) is 9.59 Å². The van der Waals surface area contributed by atoms with Crippen molar-refractivity contribution in [1.29, 1.82) is 0 Å². The molecule has 3 rings (SSSR count). The summed E-state index contributed by atoms with van der Waals surface area (Å²) in [6, 6.07) is 8.60. The molecule has 6 nitrogen and oxygen atoms in total. The highest BCUT2D eigenvalue weighted by Crippen LogP contribution is 2.30. The zero-order valence-electron chi connectivity index (χ0n) is 14.8. The van der Waals surface area contributed by atoms with Crippen molar-refractivity contribution in [2.75, 3.05) is 6.61 Å². The van der Waals surface area contributed by atoms with Crippen LogP contribution >= 0.6 is 11.6 Å². The summed E-state index contributed by atoms with van der Waals surface area (Å²) < 4.78 is 1.57. The average Bonchev–Trinajstić information content (AvgIpc) is 3.24. The molecule has 1 aromatic heterocycles. The fourth-order valence-corrected chi connectivity index (χ4v) is 3.15. The summed E-state index contributed by atoms with van der Waals surface area (Å²) in [5.74, 6) is -0.296. The molecule has 1 heterocycles. The summed E-state index contributed by atoms with van der Waals surface area (Å²) in [6.07, 6.45) is 1.08. The molecule has 2 N–H and O–H groups in total. The van der Waals surface area contributed by atoms with Crippen LogP contribution in [0.1, 0.15) is 59.3 Å². The van der Waals surface area contributed by atoms with E-state index >= 15 is 0 Å². The van der Waals surface area contributed by atoms with E-state index in [-0.39, 0.29) is 42.0 Å². The van der Waals surface area contributed by atoms with Crippen LogP contribution in [0.25, 0.3) is 0 Å². The second kappa shape index (κ2) is 7.60. The number of carbonyl (C=O) groups is 2. The van der Waals surface area contributed by atoms with Crippen LogP contribution in [-0.4, -0.2) is 39.2 Å². The molecule has 1 aliphatic rings. The monoisotopic (exact) mass is 375 g/mol. The lowest BCUT2D eigenvalue weighted by atomic mass is 10.1. The number of aromatic nitrogens is 2. The number of amides is 1. The lowest BCUT2D eigenvalue weighted by molar-refractivity contribution is 0.0934. The quantitative estimate of drug-likeness (QED) is 0.729. The summed E-state index contributed by atoms with van der Waals surface area (Å²) in [7, 11) is 0. The van der Waals surface area contributed by atoms with Gasteiger partial charge in [0, 0.05) is 36.1 Å². The summed E-state index contributed by atoms with van der Waals surface area (Å²) in [5, 5.41) is 17.0. The Hall–Kier alpha value is -2.18. The van der Waals surface area contributed by atoms with Crippen molar-refractivity contribution in [2.45, 2.75) is 38.8 Å². The predicted octanol–water partition coefficient (Wildman–Crippen LogP) is 2.85. The van der Waals surface area contributed by atoms with E-state index < -0.39 is 0 Å². The summed E-state index contributed by atoms with van der Waals surface area (Å²) >= 11 is 6.08. The first-order valence-electron chi connectivity index (χ1n) is 8.74. The number of aliphatic hydroxyl groups is 1. The average molecular weight is 376 g/mol. The number of Topliss-reactive ketones (excluding diaryl/α,β-unsaturated/α-hetero) is 1. The van der Waals surface area contributed by atoms with Crippen LogP contribution in [0.15, 0.2) is 30.3 Å². The van der Waals surface area contributed by atoms with E-state index in [2.05, 4.69) is 10.4 Å². The minimum Gasteiger partial charge on any atom is -0.396 e. The Morgan fingerprint density at radius 1 is 1.42 bits per heavy atom. The molecule has 0 radical (unpaired) electrons. The maximum Gasteiger partial charge on any atom is 0.269 e. The maximum absolute atomic E-state index is 12.7. The fourth-order valence-electron chi connectivity index (χ4n) is 2.95. The SMILES string of the molecule is CCC(=O)c1cc(C(=O)N[C@@H]2C[C@H]2CO)n([C@@H](C)c2cccc(Cl)c2)n1. The van der Waals surface area contributed by atoms with Crippen molar-refractivity contribution in [2.24, 2.45) is 5.92 Å². The van der Waals surface area contributed by atoms with Gasteiger partial charge in [-0.15, -0.1) is 0 Å². The normalized spacial score (nSPS) is 19.8. The second-order valence-corrected chi connectivity index (χ2v) is 7.06. The minimum atomic E-state index is -0.289. The number of benzene rings is 1. The maximum atomic E-state index is 12.7. The van der Waals surface area contributed by atoms with Gasteiger partial charge < -0.3 is 10.4 Å². The number of hydrogen-bond donors (Lipinski definition) is 2. The lowest BCUT2D eigenvalue weighted by Crippen LogP contribution is -2.30. The molecular weight excluding hydrogens is 354 g/mol. The van der Waals surface area contributed by atoms with Crippen LogP contribution < -0.4 is 5.32 Å². The molecule has 1 aliphatic carbocycles. The van der Waals surface area contributed by atoms with Gasteiger partial charge in [0.2, 0.25) is 0 Å². The van der Waals surface area contributed by atoms with Crippen LogP contribution in [0.4, 0.5) is 0 Å². The Morgan fingerprint density at radius 3 is 2.81 bits per heavy atom. The van der Waals surface area contributed by atoms with Gasteiger partial charge in [-0.05, 0) is 31.0 Å². The van der Waals surface area contributed by atoms with E-state index in [1.165, 1.54) is 0 Å². The third-order valence-electron chi connectivity index (χ3n) is 4.75. The zero-order chi connectivity index (χ0) is 18.8. The number of ketones is 1. The highest BCUT2D eigenvalue weighted by Gasteiger charge is 2.38. The molecule has 0 bridgehead atoms. The van der Waals surface area contributed by atoms with Crippen LogP contribution in [0.5, 0.6) is 0 Å². The molecule has 0 saturated heterocycles. The first kappa shape index (κ1) is 18.6. The molecule has 0 unspecified atom stereocenters. The Kier molecular flexibility index (Phi) is 5.44. The Bertz CT molecular complexity index is 833. The van der Waals surface area contributed by atoms with Crippen molar-refractivity contribution < 1.29 is 14.7 Å². The topological polar surface area (TPSA) is 84.2 Å². The van der Waals surface area contributed by atoms with E-state index in [1.54, 1.807) is 23.7 Å². The zero-order valence-corrected chi connectivity index (χ0v) is 15.5. The van der Waals surface area contributed by atoms with Crippen LogP contribution in [-0.2, 0) is 0 Å². The molecule has 0 aliphatic heterocycles. The van der Waals surface area contributed by atoms with Gasteiger partial charge in [-0.2, -0.15) is 5.10 Å². The number of nitrogens with one attached hydrogen (secondary N) is 1. The summed E-state index contributed by atoms with van der Waals surface area (Å²) in [5.41, 5.74) is 1.50. The molecule has 1 fully saturated rings. The van der Waals surface area contributed by atoms with Gasteiger partial charge in [0.1, 0.15) is 11.4 Å². The number of nitrogens with zero attached hydrogens (tertiary/aromatic N) is 2. The molecule has 0 spiro atoms. The van der Waals surface area contributed by atoms with Crippen molar-refractivity contribution in [1.82, 2.24) is 15.1 Å². The van der Waals surface area contributed by atoms with E-state index in [0.717, 1.165) is 12.0 Å². The van der Waals surface area contributed by atoms with Gasteiger partial charge in [-0.25, -0.2) is 0 Å².